The van der Waals surface area contributed by atoms with Gasteiger partial charge in [-0.3, -0.25) is 9.69 Å². The number of anilines is 1. The van der Waals surface area contributed by atoms with Gasteiger partial charge in [0.2, 0.25) is 5.91 Å². The number of nitrogens with zero attached hydrogens (tertiary/aromatic N) is 3. The monoisotopic (exact) mass is 433 g/mol. The number of hydrogen-bond acceptors (Lipinski definition) is 4. The third-order valence-electron chi connectivity index (χ3n) is 4.54. The van der Waals surface area contributed by atoms with E-state index in [1.165, 1.54) is 6.42 Å². The van der Waals surface area contributed by atoms with Crippen molar-refractivity contribution < 1.29 is 4.79 Å². The second-order valence-corrected chi connectivity index (χ2v) is 6.78. The van der Waals surface area contributed by atoms with Crippen molar-refractivity contribution in [1.29, 1.82) is 0 Å². The summed E-state index contributed by atoms with van der Waals surface area (Å²) in [4.78, 5) is 14.6. The molecule has 1 amide bonds. The minimum atomic E-state index is -0.0161. The first-order valence-corrected chi connectivity index (χ1v) is 8.98. The van der Waals surface area contributed by atoms with Crippen LogP contribution in [0.4, 0.5) is 5.82 Å². The fraction of sp³-hybridized carbons (Fsp3) is 0.444. The van der Waals surface area contributed by atoms with Gasteiger partial charge in [0, 0.05) is 23.7 Å². The number of benzene rings is 1. The largest absolute Gasteiger partial charge is 0.316 e. The maximum atomic E-state index is 12.4. The number of nitrogens with one attached hydrogen (secondary N) is 2. The molecule has 0 saturated carbocycles. The van der Waals surface area contributed by atoms with E-state index in [4.69, 9.17) is 11.6 Å². The highest BCUT2D eigenvalue weighted by Gasteiger charge is 2.20. The van der Waals surface area contributed by atoms with Crippen molar-refractivity contribution in [1.82, 2.24) is 20.0 Å². The number of rotatable bonds is 6. The molecule has 27 heavy (non-hydrogen) atoms. The van der Waals surface area contributed by atoms with Crippen LogP contribution >= 0.6 is 36.4 Å². The van der Waals surface area contributed by atoms with Crippen LogP contribution in [0.2, 0.25) is 5.02 Å². The van der Waals surface area contributed by atoms with E-state index >= 15 is 0 Å². The quantitative estimate of drug-likeness (QED) is 0.733. The Morgan fingerprint density at radius 2 is 2.07 bits per heavy atom. The maximum absolute atomic E-state index is 12.4. The van der Waals surface area contributed by atoms with E-state index in [1.807, 2.05) is 31.3 Å². The highest BCUT2D eigenvalue weighted by molar-refractivity contribution is 6.31. The summed E-state index contributed by atoms with van der Waals surface area (Å²) >= 11 is 6.21. The highest BCUT2D eigenvalue weighted by Crippen LogP contribution is 2.18. The van der Waals surface area contributed by atoms with E-state index in [2.05, 4.69) is 20.6 Å². The van der Waals surface area contributed by atoms with E-state index in [0.29, 0.717) is 30.0 Å². The normalized spacial score (nSPS) is 16.9. The Hall–Kier alpha value is -1.31. The molecule has 0 radical (unpaired) electrons. The van der Waals surface area contributed by atoms with Gasteiger partial charge in [-0.2, -0.15) is 5.10 Å². The molecule has 0 aliphatic carbocycles. The van der Waals surface area contributed by atoms with E-state index in [9.17, 15) is 4.79 Å². The molecule has 6 nitrogen and oxygen atoms in total. The number of hydrogen-bond donors (Lipinski definition) is 2. The minimum Gasteiger partial charge on any atom is -0.316 e. The summed E-state index contributed by atoms with van der Waals surface area (Å²) in [7, 11) is 1.97. The van der Waals surface area contributed by atoms with E-state index in [0.717, 1.165) is 25.1 Å². The minimum absolute atomic E-state index is 0. The average Bonchev–Trinajstić information content (AvgIpc) is 3.03. The van der Waals surface area contributed by atoms with Crippen LogP contribution in [-0.4, -0.2) is 53.3 Å². The van der Waals surface area contributed by atoms with Gasteiger partial charge in [-0.25, -0.2) is 4.68 Å². The van der Waals surface area contributed by atoms with Crippen molar-refractivity contribution in [2.75, 3.05) is 32.0 Å². The maximum Gasteiger partial charge on any atom is 0.239 e. The average molecular weight is 435 g/mol. The SMILES string of the molecule is CNC1CCCN(CC(=O)Nc2ccnn2Cc2ccccc2Cl)C1.Cl.Cl. The molecule has 1 aliphatic heterocycles. The number of amides is 1. The van der Waals surface area contributed by atoms with Gasteiger partial charge < -0.3 is 10.6 Å². The number of likely N-dealkylation sites (N-methyl/N-ethyl adjacent to an activating group) is 1. The highest BCUT2D eigenvalue weighted by atomic mass is 35.5. The summed E-state index contributed by atoms with van der Waals surface area (Å²) in [5.74, 6) is 0.671. The van der Waals surface area contributed by atoms with Gasteiger partial charge in [0.15, 0.2) is 0 Å². The molecule has 2 N–H and O–H groups in total. The Bertz CT molecular complexity index is 725. The van der Waals surface area contributed by atoms with Crippen LogP contribution in [0.1, 0.15) is 18.4 Å². The van der Waals surface area contributed by atoms with Crippen LogP contribution in [0.5, 0.6) is 0 Å². The molecule has 0 spiro atoms. The fourth-order valence-electron chi connectivity index (χ4n) is 3.17. The Kier molecular flexibility index (Phi) is 10.1. The van der Waals surface area contributed by atoms with Crippen LogP contribution in [0.3, 0.4) is 0 Å². The molecule has 1 unspecified atom stereocenters. The predicted octanol–water partition coefficient (Wildman–Crippen LogP) is 3.05. The van der Waals surface area contributed by atoms with Gasteiger partial charge in [0.05, 0.1) is 19.3 Å². The van der Waals surface area contributed by atoms with Crippen LogP contribution in [0.25, 0.3) is 0 Å². The van der Waals surface area contributed by atoms with Gasteiger partial charge in [-0.1, -0.05) is 29.8 Å². The van der Waals surface area contributed by atoms with Gasteiger partial charge in [0.1, 0.15) is 5.82 Å². The lowest BCUT2D eigenvalue weighted by Gasteiger charge is -2.31. The van der Waals surface area contributed by atoms with Crippen molar-refractivity contribution >= 4 is 48.1 Å². The zero-order valence-corrected chi connectivity index (χ0v) is 17.6. The molecule has 3 rings (SSSR count). The lowest BCUT2D eigenvalue weighted by atomic mass is 10.1. The zero-order valence-electron chi connectivity index (χ0n) is 15.2. The van der Waals surface area contributed by atoms with Crippen LogP contribution in [0.15, 0.2) is 36.5 Å². The molecule has 1 aliphatic rings. The lowest BCUT2D eigenvalue weighted by Crippen LogP contribution is -2.47. The lowest BCUT2D eigenvalue weighted by molar-refractivity contribution is -0.117. The molecule has 1 fully saturated rings. The number of carbonyl (C=O) groups excluding carboxylic acids is 1. The van der Waals surface area contributed by atoms with Crippen LogP contribution < -0.4 is 10.6 Å². The number of piperidine rings is 1. The molecule has 1 saturated heterocycles. The van der Waals surface area contributed by atoms with Gasteiger partial charge in [0.25, 0.3) is 0 Å². The van der Waals surface area contributed by atoms with E-state index < -0.39 is 0 Å². The Balaban J connectivity index is 0.00000182. The van der Waals surface area contributed by atoms with Crippen molar-refractivity contribution in [3.8, 4) is 0 Å². The van der Waals surface area contributed by atoms with Crippen LogP contribution in [0, 0.1) is 0 Å². The molecule has 0 bridgehead atoms. The molecule has 2 aromatic rings. The number of aromatic nitrogens is 2. The van der Waals surface area contributed by atoms with E-state index in [1.54, 1.807) is 16.9 Å². The molecule has 1 aromatic heterocycles. The second-order valence-electron chi connectivity index (χ2n) is 6.38. The van der Waals surface area contributed by atoms with E-state index in [-0.39, 0.29) is 30.7 Å². The Morgan fingerprint density at radius 1 is 1.30 bits per heavy atom. The summed E-state index contributed by atoms with van der Waals surface area (Å²) < 4.78 is 1.76. The van der Waals surface area contributed by atoms with Gasteiger partial charge >= 0.3 is 0 Å². The van der Waals surface area contributed by atoms with Crippen molar-refractivity contribution in [2.45, 2.75) is 25.4 Å². The number of halogens is 3. The standard InChI is InChI=1S/C18H24ClN5O.2ClH/c1-20-15-6-4-10-23(12-15)13-18(25)22-17-8-9-21-24(17)11-14-5-2-3-7-16(14)19;;/h2-3,5,7-9,15,20H,4,6,10-13H2,1H3,(H,22,25);2*1H. The second kappa shape index (κ2) is 11.5. The van der Waals surface area contributed by atoms with Gasteiger partial charge in [-0.05, 0) is 38.1 Å². The van der Waals surface area contributed by atoms with Crippen LogP contribution in [-0.2, 0) is 11.3 Å². The molecule has 1 atom stereocenters. The molecule has 1 aromatic carbocycles. The zero-order chi connectivity index (χ0) is 17.6. The molecule has 9 heteroatoms. The first-order valence-electron chi connectivity index (χ1n) is 8.60. The first-order chi connectivity index (χ1) is 12.2. The summed E-state index contributed by atoms with van der Waals surface area (Å²) in [6.07, 6.45) is 3.97. The molecular formula is C18H26Cl3N5O. The first kappa shape index (κ1) is 23.7. The predicted molar refractivity (Wildman–Crippen MR) is 114 cm³/mol. The smallest absolute Gasteiger partial charge is 0.239 e. The third kappa shape index (κ3) is 6.66. The molecule has 150 valence electrons. The van der Waals surface area contributed by atoms with Crippen molar-refractivity contribution in [3.63, 3.8) is 0 Å². The Morgan fingerprint density at radius 3 is 2.81 bits per heavy atom. The summed E-state index contributed by atoms with van der Waals surface area (Å²) in [5, 5.41) is 11.3. The summed E-state index contributed by atoms with van der Waals surface area (Å²) in [5.41, 5.74) is 0.969. The molecule has 2 heterocycles. The molecular weight excluding hydrogens is 409 g/mol. The third-order valence-corrected chi connectivity index (χ3v) is 4.91. The van der Waals surface area contributed by atoms with Crippen molar-refractivity contribution in [3.05, 3.63) is 47.1 Å². The van der Waals surface area contributed by atoms with Crippen molar-refractivity contribution in [2.24, 2.45) is 0 Å². The number of carbonyl (C=O) groups is 1. The number of likely N-dealkylation sites (tertiary alicyclic amines) is 1. The fourth-order valence-corrected chi connectivity index (χ4v) is 3.37. The van der Waals surface area contributed by atoms with Gasteiger partial charge in [-0.15, -0.1) is 24.8 Å². The topological polar surface area (TPSA) is 62.2 Å². The summed E-state index contributed by atoms with van der Waals surface area (Å²) in [6, 6.07) is 9.93. The summed E-state index contributed by atoms with van der Waals surface area (Å²) in [6.45, 7) is 2.79. The Labute approximate surface area is 177 Å².